The van der Waals surface area contributed by atoms with Crippen molar-refractivity contribution in [2.75, 3.05) is 150 Å². The van der Waals surface area contributed by atoms with E-state index in [0.29, 0.717) is 126 Å². The number of aliphatic hydroxyl groups excluding tert-OH is 3. The Balaban J connectivity index is 1.05. The average Bonchev–Trinajstić information content (AvgIpc) is 1.62. The molecular formula is C66H103N13O24S2. The highest BCUT2D eigenvalue weighted by atomic mass is 32.2. The minimum atomic E-state index is -2.44. The molecule has 9 amide bonds. The number of nitrogens with zero attached hydrogens (tertiary/aromatic N) is 2. The number of amides is 9. The van der Waals surface area contributed by atoms with Gasteiger partial charge in [0.25, 0.3) is 0 Å². The van der Waals surface area contributed by atoms with Gasteiger partial charge in [0.1, 0.15) is 41.0 Å². The average molecular weight is 1530 g/mol. The number of hydrogen-bond donors (Lipinski definition) is 15. The van der Waals surface area contributed by atoms with E-state index >= 15 is 4.21 Å². The molecule has 105 heavy (non-hydrogen) atoms. The number of nitrogens with two attached hydrogens (primary N) is 1. The molecule has 0 aliphatic carbocycles. The SMILES string of the molecule is CC[C@H](C)[C@@H]1CC(=O)CNC(=O)[C@@H]2Cc3c([nH]c4c(CSCCOCCOCCOCCOCCOCCOCCOCCN5C=C(CNC(=O)CC(C)C(=O)O)NN5)c(OC)ccc34)S(=O)C[C@@H](NC(=O)CNC1=O)C(=O)N[C@@H](CC(N)=O)C(=O)N1C[C@H](O)C[C@H]1C(=O)N[C@@H]([C@@H](C)[C@@H](O)CO)C(=O)N2. The van der Waals surface area contributed by atoms with Crippen LogP contribution in [0.5, 0.6) is 5.75 Å². The van der Waals surface area contributed by atoms with Crippen molar-refractivity contribution >= 4 is 98.4 Å². The number of methoxy groups -OCH3 is 1. The molecule has 1 fully saturated rings. The number of nitrogens with one attached hydrogen (secondary N) is 10. The maximum Gasteiger partial charge on any atom is 0.306 e. The highest BCUT2D eigenvalue weighted by molar-refractivity contribution is 7.98. The van der Waals surface area contributed by atoms with Crippen molar-refractivity contribution in [2.45, 2.75) is 119 Å². The van der Waals surface area contributed by atoms with E-state index < -0.39 is 194 Å². The van der Waals surface area contributed by atoms with Crippen molar-refractivity contribution in [1.82, 2.24) is 63.1 Å². The van der Waals surface area contributed by atoms with Gasteiger partial charge < -0.3 is 117 Å². The zero-order valence-corrected chi connectivity index (χ0v) is 61.5. The van der Waals surface area contributed by atoms with E-state index in [2.05, 4.69) is 53.2 Å². The second-order valence-electron chi connectivity index (χ2n) is 25.5. The van der Waals surface area contributed by atoms with Crippen molar-refractivity contribution in [1.29, 1.82) is 0 Å². The summed E-state index contributed by atoms with van der Waals surface area (Å²) < 4.78 is 60.6. The number of aromatic amines is 1. The Morgan fingerprint density at radius 3 is 1.98 bits per heavy atom. The molecule has 16 N–H and O–H groups in total. The third-order valence-electron chi connectivity index (χ3n) is 17.7. The summed E-state index contributed by atoms with van der Waals surface area (Å²) in [6.07, 6.45) is -3.20. The van der Waals surface area contributed by atoms with Gasteiger partial charge in [-0.2, -0.15) is 11.8 Å². The molecule has 4 aliphatic rings. The number of carboxylic acid groups (broad SMARTS) is 1. The number of fused-ring (bicyclic) bond motifs is 5. The molecule has 2 unspecified atom stereocenters. The Hall–Kier alpha value is -7.67. The van der Waals surface area contributed by atoms with Gasteiger partial charge in [-0.05, 0) is 23.6 Å². The van der Waals surface area contributed by atoms with Crippen LogP contribution in [0.15, 0.2) is 29.1 Å². The summed E-state index contributed by atoms with van der Waals surface area (Å²) in [4.78, 5) is 155. The smallest absolute Gasteiger partial charge is 0.306 e. The van der Waals surface area contributed by atoms with Gasteiger partial charge in [0.15, 0.2) is 5.78 Å². The van der Waals surface area contributed by atoms with Gasteiger partial charge in [-0.15, -0.1) is 5.53 Å². The Morgan fingerprint density at radius 2 is 1.38 bits per heavy atom. The number of carbonyl (C=O) groups excluding carboxylic acids is 10. The molecule has 5 heterocycles. The zero-order valence-electron chi connectivity index (χ0n) is 59.8. The first-order valence-corrected chi connectivity index (χ1v) is 37.3. The predicted octanol–water partition coefficient (Wildman–Crippen LogP) is -4.78. The fourth-order valence-electron chi connectivity index (χ4n) is 11.5. The van der Waals surface area contributed by atoms with Gasteiger partial charge in [0.2, 0.25) is 53.2 Å². The number of aromatic nitrogens is 1. The fourth-order valence-corrected chi connectivity index (χ4v) is 13.8. The van der Waals surface area contributed by atoms with Gasteiger partial charge in [0.05, 0.1) is 185 Å². The highest BCUT2D eigenvalue weighted by Gasteiger charge is 2.45. The van der Waals surface area contributed by atoms with Crippen LogP contribution in [0, 0.1) is 23.7 Å². The number of primary amides is 1. The lowest BCUT2D eigenvalue weighted by atomic mass is 9.86. The zero-order chi connectivity index (χ0) is 76.5. The normalized spacial score (nSPS) is 23.0. The van der Waals surface area contributed by atoms with E-state index in [1.54, 1.807) is 37.2 Å². The maximum absolute atomic E-state index is 15.4. The first kappa shape index (κ1) is 86.3. The molecule has 0 radical (unpaired) electrons. The number of thioether (sulfide) groups is 1. The second-order valence-corrected chi connectivity index (χ2v) is 28.1. The third kappa shape index (κ3) is 27.9. The van der Waals surface area contributed by atoms with Crippen LogP contribution in [-0.4, -0.2) is 297 Å². The number of aliphatic carboxylic acids is 1. The summed E-state index contributed by atoms with van der Waals surface area (Å²) in [7, 11) is -1.00. The largest absolute Gasteiger partial charge is 0.496 e. The van der Waals surface area contributed by atoms with E-state index in [1.165, 1.54) is 32.7 Å². The van der Waals surface area contributed by atoms with E-state index in [0.717, 1.165) is 4.90 Å². The number of rotatable bonds is 39. The number of benzene rings is 1. The number of carbonyl (C=O) groups is 11. The number of H-pyrrole nitrogens is 1. The Kier molecular flexibility index (Phi) is 37.0. The molecule has 1 aromatic carbocycles. The second kappa shape index (κ2) is 45.1. The quantitative estimate of drug-likeness (QED) is 0.0279. The highest BCUT2D eigenvalue weighted by Crippen LogP contribution is 2.36. The summed E-state index contributed by atoms with van der Waals surface area (Å²) in [5, 5.41) is 60.8. The summed E-state index contributed by atoms with van der Waals surface area (Å²) in [5.74, 6) is -13.5. The molecular weight excluding hydrogens is 1420 g/mol. The van der Waals surface area contributed by atoms with Crippen LogP contribution < -0.4 is 58.6 Å². The van der Waals surface area contributed by atoms with Gasteiger partial charge in [-0.3, -0.25) is 62.0 Å². The number of hydrogen-bond acceptors (Lipinski definition) is 27. The Labute approximate surface area is 614 Å². The molecule has 37 nitrogen and oxygen atoms in total. The van der Waals surface area contributed by atoms with Crippen LogP contribution in [0.1, 0.15) is 70.9 Å². The van der Waals surface area contributed by atoms with Crippen molar-refractivity contribution in [2.24, 2.45) is 29.4 Å². The van der Waals surface area contributed by atoms with Crippen LogP contribution in [0.4, 0.5) is 0 Å². The monoisotopic (exact) mass is 1530 g/mol. The molecule has 2 aromatic rings. The number of carboxylic acids is 1. The van der Waals surface area contributed by atoms with Crippen LogP contribution >= 0.6 is 11.8 Å². The van der Waals surface area contributed by atoms with Gasteiger partial charge in [-0.1, -0.05) is 34.1 Å². The number of hydrazine groups is 2. The lowest BCUT2D eigenvalue weighted by Gasteiger charge is -2.32. The van der Waals surface area contributed by atoms with Gasteiger partial charge >= 0.3 is 5.97 Å². The summed E-state index contributed by atoms with van der Waals surface area (Å²) in [6.45, 7) is 9.03. The standard InChI is InChI=1S/C66H103N13O24S2/c1-6-38(2)45-26-42(81)31-69-60(88)48-28-46-44-7-8-53(96-5)47(36-104-24-23-103-22-21-102-20-19-101-18-17-100-16-15-99-14-13-98-12-11-97-10-9-78-33-41(76-77-78)30-68-55(85)25-39(3)66(93)94)58(44)75-64(46)105(95)37-50(71-56(86)32-70-59(45)87)61(89)73-49(29-54(67)84)65(92)79-34-43(82)27-51(79)62(90)74-57(63(91)72-48)40(4)52(83)35-80/h7-8,33,38-40,43,45,48-52,57,75-77,80,82-83H,6,9-32,34-37H2,1-5H3,(H2,67,84)(H,68,85)(H,69,88)(H,70,87)(H,71,86)(H,72,91)(H,73,89)(H,74,90)(H,93,94)/t38-,39?,40-,43+,45-,48-,49-,50+,51-,52-,57-,105?/m0/s1. The topological polar surface area (TPSA) is 516 Å². The predicted molar refractivity (Wildman–Crippen MR) is 376 cm³/mol. The Morgan fingerprint density at radius 1 is 0.762 bits per heavy atom. The molecule has 4 aliphatic heterocycles. The fraction of sp³-hybridized carbons (Fsp3) is 0.682. The summed E-state index contributed by atoms with van der Waals surface area (Å²) in [6, 6.07) is -5.61. The number of ketones is 1. The maximum atomic E-state index is 15.4. The molecule has 2 bridgehead atoms. The summed E-state index contributed by atoms with van der Waals surface area (Å²) >= 11 is 1.44. The van der Waals surface area contributed by atoms with Crippen LogP contribution in [0.25, 0.3) is 10.9 Å². The Bertz CT molecular complexity index is 3310. The van der Waals surface area contributed by atoms with E-state index in [9.17, 15) is 68.1 Å². The van der Waals surface area contributed by atoms with E-state index in [1.807, 2.05) is 0 Å². The number of aliphatic hydroxyl groups is 3. The minimum absolute atomic E-state index is 0.103. The van der Waals surface area contributed by atoms with Crippen molar-refractivity contribution in [3.8, 4) is 5.75 Å². The summed E-state index contributed by atoms with van der Waals surface area (Å²) in [5.41, 5.74) is 13.2. The number of Topliss-reactive ketones (excluding diaryl/α,β-unsaturated/α-hetero) is 1. The third-order valence-corrected chi connectivity index (χ3v) is 20.1. The molecule has 1 aromatic heterocycles. The van der Waals surface area contributed by atoms with Crippen LogP contribution in [-0.2, 0) is 109 Å². The lowest BCUT2D eigenvalue weighted by molar-refractivity contribution is -0.144. The molecule has 0 saturated carbocycles. The molecule has 6 rings (SSSR count). The van der Waals surface area contributed by atoms with Crippen molar-refractivity contribution < 1.29 is 115 Å². The first-order valence-electron chi connectivity index (χ1n) is 34.9. The molecule has 12 atom stereocenters. The molecule has 0 spiro atoms. The van der Waals surface area contributed by atoms with Crippen molar-refractivity contribution in [3.63, 3.8) is 0 Å². The molecule has 588 valence electrons. The van der Waals surface area contributed by atoms with Crippen molar-refractivity contribution in [3.05, 3.63) is 35.2 Å². The molecule has 1 saturated heterocycles. The van der Waals surface area contributed by atoms with Crippen LogP contribution in [0.3, 0.4) is 0 Å². The molecule has 39 heteroatoms. The van der Waals surface area contributed by atoms with Gasteiger partial charge in [-0.25, -0.2) is 0 Å². The lowest BCUT2D eigenvalue weighted by Crippen LogP contribution is -2.62. The number of ether oxygens (including phenoxy) is 8. The van der Waals surface area contributed by atoms with Crippen LogP contribution in [0.2, 0.25) is 0 Å². The van der Waals surface area contributed by atoms with E-state index in [-0.39, 0.29) is 48.4 Å². The first-order chi connectivity index (χ1) is 50.3. The minimum Gasteiger partial charge on any atom is -0.496 e. The van der Waals surface area contributed by atoms with E-state index in [4.69, 9.17) is 48.7 Å². The van der Waals surface area contributed by atoms with Gasteiger partial charge in [0, 0.05) is 72.7 Å².